The van der Waals surface area contributed by atoms with Crippen molar-refractivity contribution < 1.29 is 24.3 Å². The average molecular weight is 377 g/mol. The zero-order chi connectivity index (χ0) is 19.4. The number of aliphatic carboxylic acids is 1. The molecule has 3 atom stereocenters. The molecular formula is C17H23N5O5. The summed E-state index contributed by atoms with van der Waals surface area (Å²) in [5, 5.41) is 14.7. The summed E-state index contributed by atoms with van der Waals surface area (Å²) < 4.78 is 0. The molecule has 0 aliphatic carbocycles. The molecule has 2 fully saturated rings. The van der Waals surface area contributed by atoms with Crippen molar-refractivity contribution in [2.24, 2.45) is 0 Å². The highest BCUT2D eigenvalue weighted by atomic mass is 16.4. The van der Waals surface area contributed by atoms with E-state index in [1.807, 2.05) is 0 Å². The smallest absolute Gasteiger partial charge is 0.326 e. The molecular weight excluding hydrogens is 354 g/mol. The van der Waals surface area contributed by atoms with Crippen molar-refractivity contribution in [1.29, 1.82) is 0 Å². The molecule has 0 spiro atoms. The quantitative estimate of drug-likeness (QED) is 0.510. The van der Waals surface area contributed by atoms with Gasteiger partial charge in [0.1, 0.15) is 18.1 Å². The second-order valence-corrected chi connectivity index (χ2v) is 6.88. The molecule has 27 heavy (non-hydrogen) atoms. The standard InChI is InChI=1S/C17H23N5O5/c23-14-5-4-11(20-14)15(24)21-12(7-10-8-18-9-19-10)16(25)22-6-2-1-3-13(22)17(26)27/h8-9,11-13H,1-7H2,(H,18,19)(H,20,23)(H,21,24)(H,26,27)/t11-,12?,13?/m0/s1. The number of carboxylic acids is 1. The lowest BCUT2D eigenvalue weighted by Crippen LogP contribution is -2.57. The topological polar surface area (TPSA) is 144 Å². The van der Waals surface area contributed by atoms with Crippen molar-refractivity contribution >= 4 is 23.7 Å². The van der Waals surface area contributed by atoms with Gasteiger partial charge in [0, 0.05) is 31.3 Å². The normalized spacial score (nSPS) is 23.6. The fourth-order valence-corrected chi connectivity index (χ4v) is 3.55. The first-order valence-electron chi connectivity index (χ1n) is 9.06. The molecule has 2 aliphatic heterocycles. The van der Waals surface area contributed by atoms with Crippen molar-refractivity contribution in [3.63, 3.8) is 0 Å². The molecule has 3 rings (SSSR count). The van der Waals surface area contributed by atoms with E-state index in [1.54, 1.807) is 6.20 Å². The van der Waals surface area contributed by atoms with E-state index in [-0.39, 0.29) is 18.7 Å². The second-order valence-electron chi connectivity index (χ2n) is 6.88. The van der Waals surface area contributed by atoms with Gasteiger partial charge in [0.05, 0.1) is 6.33 Å². The third kappa shape index (κ3) is 4.44. The number of piperidine rings is 1. The van der Waals surface area contributed by atoms with Crippen molar-refractivity contribution in [3.05, 3.63) is 18.2 Å². The first kappa shape index (κ1) is 18.9. The van der Waals surface area contributed by atoms with Crippen LogP contribution in [0.15, 0.2) is 12.5 Å². The van der Waals surface area contributed by atoms with E-state index in [2.05, 4.69) is 20.6 Å². The SMILES string of the molecule is O=C1CC[C@@H](C(=O)NC(Cc2cnc[nH]2)C(=O)N2CCCCC2C(=O)O)N1. The maximum Gasteiger partial charge on any atom is 0.326 e. The number of amides is 3. The Hall–Kier alpha value is -2.91. The second kappa shape index (κ2) is 8.19. The Morgan fingerprint density at radius 1 is 1.33 bits per heavy atom. The van der Waals surface area contributed by atoms with Crippen LogP contribution in [-0.4, -0.2) is 68.3 Å². The van der Waals surface area contributed by atoms with E-state index in [4.69, 9.17) is 0 Å². The number of aromatic nitrogens is 2. The summed E-state index contributed by atoms with van der Waals surface area (Å²) >= 11 is 0. The van der Waals surface area contributed by atoms with Crippen LogP contribution in [0, 0.1) is 0 Å². The molecule has 10 nitrogen and oxygen atoms in total. The Bertz CT molecular complexity index is 719. The monoisotopic (exact) mass is 377 g/mol. The summed E-state index contributed by atoms with van der Waals surface area (Å²) in [4.78, 5) is 56.6. The van der Waals surface area contributed by atoms with Crippen LogP contribution in [0.1, 0.15) is 37.8 Å². The van der Waals surface area contributed by atoms with E-state index in [1.165, 1.54) is 11.2 Å². The van der Waals surface area contributed by atoms with Gasteiger partial charge < -0.3 is 25.6 Å². The number of imidazole rings is 1. The van der Waals surface area contributed by atoms with E-state index in [0.29, 0.717) is 25.1 Å². The van der Waals surface area contributed by atoms with Crippen LogP contribution < -0.4 is 10.6 Å². The minimum absolute atomic E-state index is 0.161. The van der Waals surface area contributed by atoms with Crippen LogP contribution in [-0.2, 0) is 25.6 Å². The molecule has 0 saturated carbocycles. The highest BCUT2D eigenvalue weighted by molar-refractivity contribution is 5.95. The molecule has 0 bridgehead atoms. The summed E-state index contributed by atoms with van der Waals surface area (Å²) in [5.74, 6) is -2.12. The summed E-state index contributed by atoms with van der Waals surface area (Å²) in [6, 6.07) is -2.50. The number of nitrogens with one attached hydrogen (secondary N) is 3. The third-order valence-corrected chi connectivity index (χ3v) is 4.98. The number of carbonyl (C=O) groups excluding carboxylic acids is 3. The Balaban J connectivity index is 1.75. The lowest BCUT2D eigenvalue weighted by molar-refractivity contribution is -0.153. The van der Waals surface area contributed by atoms with Crippen LogP contribution in [0.3, 0.4) is 0 Å². The fraction of sp³-hybridized carbons (Fsp3) is 0.588. The van der Waals surface area contributed by atoms with Gasteiger partial charge in [0.2, 0.25) is 17.7 Å². The van der Waals surface area contributed by atoms with Crippen LogP contribution in [0.5, 0.6) is 0 Å². The van der Waals surface area contributed by atoms with E-state index < -0.39 is 35.9 Å². The number of H-pyrrole nitrogens is 1. The fourth-order valence-electron chi connectivity index (χ4n) is 3.55. The number of likely N-dealkylation sites (tertiary alicyclic amines) is 1. The van der Waals surface area contributed by atoms with Gasteiger partial charge in [-0.1, -0.05) is 0 Å². The highest BCUT2D eigenvalue weighted by Gasteiger charge is 2.37. The van der Waals surface area contributed by atoms with Gasteiger partial charge >= 0.3 is 5.97 Å². The number of nitrogens with zero attached hydrogens (tertiary/aromatic N) is 2. The van der Waals surface area contributed by atoms with Gasteiger partial charge in [-0.05, 0) is 25.7 Å². The molecule has 2 saturated heterocycles. The predicted octanol–water partition coefficient (Wildman–Crippen LogP) is -0.819. The first-order chi connectivity index (χ1) is 13.0. The Morgan fingerprint density at radius 2 is 2.15 bits per heavy atom. The summed E-state index contributed by atoms with van der Waals surface area (Å²) in [6.07, 6.45) is 5.68. The highest BCUT2D eigenvalue weighted by Crippen LogP contribution is 2.19. The Kier molecular flexibility index (Phi) is 5.72. The lowest BCUT2D eigenvalue weighted by atomic mass is 9.99. The maximum atomic E-state index is 13.1. The molecule has 146 valence electrons. The van der Waals surface area contributed by atoms with Crippen LogP contribution in [0.4, 0.5) is 0 Å². The van der Waals surface area contributed by atoms with Crippen molar-refractivity contribution in [1.82, 2.24) is 25.5 Å². The summed E-state index contributed by atoms with van der Waals surface area (Å²) in [6.45, 7) is 0.339. The molecule has 1 aromatic rings. The van der Waals surface area contributed by atoms with Gasteiger partial charge in [0.15, 0.2) is 0 Å². The Morgan fingerprint density at radius 3 is 2.78 bits per heavy atom. The molecule has 3 amide bonds. The minimum atomic E-state index is -1.04. The molecule has 0 radical (unpaired) electrons. The van der Waals surface area contributed by atoms with Gasteiger partial charge in [-0.15, -0.1) is 0 Å². The number of aromatic amines is 1. The molecule has 1 aromatic heterocycles. The average Bonchev–Trinajstić information content (AvgIpc) is 3.32. The number of hydrogen-bond donors (Lipinski definition) is 4. The molecule has 10 heteroatoms. The third-order valence-electron chi connectivity index (χ3n) is 4.98. The summed E-state index contributed by atoms with van der Waals surface area (Å²) in [5.41, 5.74) is 0.646. The summed E-state index contributed by atoms with van der Waals surface area (Å²) in [7, 11) is 0. The van der Waals surface area contributed by atoms with Crippen molar-refractivity contribution in [3.8, 4) is 0 Å². The molecule has 0 aromatic carbocycles. The minimum Gasteiger partial charge on any atom is -0.480 e. The number of rotatable bonds is 6. The van der Waals surface area contributed by atoms with Crippen LogP contribution >= 0.6 is 0 Å². The predicted molar refractivity (Wildman–Crippen MR) is 92.4 cm³/mol. The molecule has 2 unspecified atom stereocenters. The van der Waals surface area contributed by atoms with Gasteiger partial charge in [0.25, 0.3) is 0 Å². The van der Waals surface area contributed by atoms with Crippen LogP contribution in [0.25, 0.3) is 0 Å². The van der Waals surface area contributed by atoms with E-state index in [9.17, 15) is 24.3 Å². The molecule has 2 aliphatic rings. The van der Waals surface area contributed by atoms with Crippen molar-refractivity contribution in [2.45, 2.75) is 56.7 Å². The zero-order valence-corrected chi connectivity index (χ0v) is 14.8. The van der Waals surface area contributed by atoms with Gasteiger partial charge in [-0.25, -0.2) is 9.78 Å². The Labute approximate surface area is 155 Å². The lowest BCUT2D eigenvalue weighted by Gasteiger charge is -2.35. The first-order valence-corrected chi connectivity index (χ1v) is 9.06. The van der Waals surface area contributed by atoms with Gasteiger partial charge in [-0.3, -0.25) is 14.4 Å². The largest absolute Gasteiger partial charge is 0.480 e. The number of carbonyl (C=O) groups is 4. The van der Waals surface area contributed by atoms with Crippen molar-refractivity contribution in [2.75, 3.05) is 6.54 Å². The van der Waals surface area contributed by atoms with Gasteiger partial charge in [-0.2, -0.15) is 0 Å². The van der Waals surface area contributed by atoms with Crippen LogP contribution in [0.2, 0.25) is 0 Å². The number of hydrogen-bond acceptors (Lipinski definition) is 5. The molecule has 3 heterocycles. The number of carboxylic acid groups (broad SMARTS) is 1. The maximum absolute atomic E-state index is 13.1. The van der Waals surface area contributed by atoms with E-state index in [0.717, 1.165) is 12.8 Å². The van der Waals surface area contributed by atoms with E-state index >= 15 is 0 Å². The molecule has 4 N–H and O–H groups in total. The zero-order valence-electron chi connectivity index (χ0n) is 14.8.